The molecule has 0 saturated heterocycles. The minimum absolute atomic E-state index is 0.123. The summed E-state index contributed by atoms with van der Waals surface area (Å²) in [5, 5.41) is 13.6. The lowest BCUT2D eigenvalue weighted by atomic mass is 10.1. The molecule has 20 heavy (non-hydrogen) atoms. The van der Waals surface area contributed by atoms with Gasteiger partial charge in [-0.05, 0) is 19.9 Å². The van der Waals surface area contributed by atoms with E-state index in [1.165, 1.54) is 36.1 Å². The number of esters is 1. The van der Waals surface area contributed by atoms with E-state index in [0.717, 1.165) is 0 Å². The average Bonchev–Trinajstić information content (AvgIpc) is 2.88. The van der Waals surface area contributed by atoms with Crippen molar-refractivity contribution in [2.45, 2.75) is 20.0 Å². The standard InChI is InChI=1S/C14H15FN2O3/c1-3-20-14(19)10-7-16-17(8-10)13-11(9(2)18)5-4-6-12(13)15/h4-9,18H,3H2,1-2H3. The summed E-state index contributed by atoms with van der Waals surface area (Å²) in [5.41, 5.74) is 0.744. The van der Waals surface area contributed by atoms with Gasteiger partial charge in [0.15, 0.2) is 0 Å². The number of rotatable bonds is 4. The quantitative estimate of drug-likeness (QED) is 0.871. The summed E-state index contributed by atoms with van der Waals surface area (Å²) < 4.78 is 20.0. The number of ether oxygens (including phenoxy) is 1. The zero-order chi connectivity index (χ0) is 14.7. The third kappa shape index (κ3) is 2.70. The van der Waals surface area contributed by atoms with Crippen molar-refractivity contribution < 1.29 is 19.0 Å². The molecule has 1 unspecified atom stereocenters. The summed E-state index contributed by atoms with van der Waals surface area (Å²) in [5.74, 6) is -1.05. The first-order valence-corrected chi connectivity index (χ1v) is 6.23. The zero-order valence-corrected chi connectivity index (χ0v) is 11.2. The number of halogens is 1. The Morgan fingerprint density at radius 1 is 1.55 bits per heavy atom. The minimum Gasteiger partial charge on any atom is -0.462 e. The maximum absolute atomic E-state index is 14.0. The molecule has 1 heterocycles. The van der Waals surface area contributed by atoms with E-state index >= 15 is 0 Å². The van der Waals surface area contributed by atoms with Gasteiger partial charge in [-0.25, -0.2) is 13.9 Å². The van der Waals surface area contributed by atoms with Crippen LogP contribution in [0.15, 0.2) is 30.6 Å². The van der Waals surface area contributed by atoms with Crippen LogP contribution in [0.2, 0.25) is 0 Å². The lowest BCUT2D eigenvalue weighted by Gasteiger charge is -2.12. The van der Waals surface area contributed by atoms with E-state index in [1.54, 1.807) is 13.0 Å². The minimum atomic E-state index is -0.851. The van der Waals surface area contributed by atoms with Gasteiger partial charge in [0, 0.05) is 11.8 Å². The number of hydrogen-bond donors (Lipinski definition) is 1. The van der Waals surface area contributed by atoms with E-state index in [0.29, 0.717) is 5.56 Å². The van der Waals surface area contributed by atoms with Crippen molar-refractivity contribution in [1.82, 2.24) is 9.78 Å². The molecule has 0 aliphatic carbocycles. The Kier molecular flexibility index (Phi) is 4.14. The van der Waals surface area contributed by atoms with Crippen LogP contribution in [0, 0.1) is 5.82 Å². The topological polar surface area (TPSA) is 64.3 Å². The second-order valence-corrected chi connectivity index (χ2v) is 4.25. The largest absolute Gasteiger partial charge is 0.462 e. The Morgan fingerprint density at radius 3 is 2.95 bits per heavy atom. The van der Waals surface area contributed by atoms with E-state index in [-0.39, 0.29) is 17.9 Å². The van der Waals surface area contributed by atoms with E-state index in [2.05, 4.69) is 5.10 Å². The number of carbonyl (C=O) groups is 1. The van der Waals surface area contributed by atoms with Gasteiger partial charge in [0.1, 0.15) is 11.5 Å². The van der Waals surface area contributed by atoms with Gasteiger partial charge < -0.3 is 9.84 Å². The number of nitrogens with zero attached hydrogens (tertiary/aromatic N) is 2. The van der Waals surface area contributed by atoms with Crippen LogP contribution < -0.4 is 0 Å². The summed E-state index contributed by atoms with van der Waals surface area (Å²) >= 11 is 0. The molecule has 0 bridgehead atoms. The molecule has 1 N–H and O–H groups in total. The second-order valence-electron chi connectivity index (χ2n) is 4.25. The molecule has 5 nitrogen and oxygen atoms in total. The molecule has 1 aromatic carbocycles. The molecule has 0 aliphatic heterocycles. The highest BCUT2D eigenvalue weighted by Crippen LogP contribution is 2.24. The molecule has 0 aliphatic rings. The summed E-state index contributed by atoms with van der Waals surface area (Å²) in [7, 11) is 0. The maximum atomic E-state index is 14.0. The monoisotopic (exact) mass is 278 g/mol. The Bertz CT molecular complexity index is 623. The van der Waals surface area contributed by atoms with Gasteiger partial charge >= 0.3 is 5.97 Å². The number of aromatic nitrogens is 2. The molecular formula is C14H15FN2O3. The summed E-state index contributed by atoms with van der Waals surface area (Å²) in [6.45, 7) is 3.49. The van der Waals surface area contributed by atoms with Gasteiger partial charge in [0.05, 0.1) is 24.5 Å². The fourth-order valence-electron chi connectivity index (χ4n) is 1.88. The van der Waals surface area contributed by atoms with E-state index in [9.17, 15) is 14.3 Å². The molecule has 0 spiro atoms. The predicted molar refractivity (Wildman–Crippen MR) is 70.1 cm³/mol. The van der Waals surface area contributed by atoms with Crippen LogP contribution >= 0.6 is 0 Å². The zero-order valence-electron chi connectivity index (χ0n) is 11.2. The van der Waals surface area contributed by atoms with E-state index < -0.39 is 17.9 Å². The van der Waals surface area contributed by atoms with Crippen LogP contribution in [-0.4, -0.2) is 27.5 Å². The van der Waals surface area contributed by atoms with Crippen molar-refractivity contribution in [2.75, 3.05) is 6.61 Å². The molecule has 1 atom stereocenters. The number of hydrogen-bond acceptors (Lipinski definition) is 4. The fraction of sp³-hybridized carbons (Fsp3) is 0.286. The van der Waals surface area contributed by atoms with Crippen LogP contribution in [0.5, 0.6) is 0 Å². The van der Waals surface area contributed by atoms with Crippen LogP contribution in [0.4, 0.5) is 4.39 Å². The highest BCUT2D eigenvalue weighted by atomic mass is 19.1. The lowest BCUT2D eigenvalue weighted by Crippen LogP contribution is -2.06. The van der Waals surface area contributed by atoms with Crippen molar-refractivity contribution in [2.24, 2.45) is 0 Å². The van der Waals surface area contributed by atoms with Gasteiger partial charge in [-0.3, -0.25) is 0 Å². The molecule has 2 rings (SSSR count). The van der Waals surface area contributed by atoms with Gasteiger partial charge in [0.2, 0.25) is 0 Å². The van der Waals surface area contributed by atoms with Crippen molar-refractivity contribution in [1.29, 1.82) is 0 Å². The molecule has 106 valence electrons. The average molecular weight is 278 g/mol. The van der Waals surface area contributed by atoms with E-state index in [4.69, 9.17) is 4.74 Å². The Hall–Kier alpha value is -2.21. The van der Waals surface area contributed by atoms with Crippen molar-refractivity contribution in [3.63, 3.8) is 0 Å². The lowest BCUT2D eigenvalue weighted by molar-refractivity contribution is 0.0526. The Morgan fingerprint density at radius 2 is 2.30 bits per heavy atom. The smallest absolute Gasteiger partial charge is 0.341 e. The number of aliphatic hydroxyl groups excluding tert-OH is 1. The van der Waals surface area contributed by atoms with Gasteiger partial charge in [-0.1, -0.05) is 12.1 Å². The van der Waals surface area contributed by atoms with Crippen LogP contribution in [0.25, 0.3) is 5.69 Å². The Balaban J connectivity index is 2.45. The number of benzene rings is 1. The fourth-order valence-corrected chi connectivity index (χ4v) is 1.88. The van der Waals surface area contributed by atoms with Gasteiger partial charge in [-0.15, -0.1) is 0 Å². The first-order chi connectivity index (χ1) is 9.54. The first-order valence-electron chi connectivity index (χ1n) is 6.23. The van der Waals surface area contributed by atoms with Crippen LogP contribution in [0.3, 0.4) is 0 Å². The van der Waals surface area contributed by atoms with Crippen molar-refractivity contribution in [3.05, 3.63) is 47.5 Å². The molecule has 0 saturated carbocycles. The maximum Gasteiger partial charge on any atom is 0.341 e. The molecule has 1 aromatic heterocycles. The summed E-state index contributed by atoms with van der Waals surface area (Å²) in [6, 6.07) is 4.39. The highest BCUT2D eigenvalue weighted by Gasteiger charge is 2.17. The highest BCUT2D eigenvalue weighted by molar-refractivity contribution is 5.88. The van der Waals surface area contributed by atoms with Crippen molar-refractivity contribution >= 4 is 5.97 Å². The second kappa shape index (κ2) is 5.83. The Labute approximate surface area is 115 Å². The number of aliphatic hydroxyl groups is 1. The molecular weight excluding hydrogens is 263 g/mol. The van der Waals surface area contributed by atoms with E-state index in [1.807, 2.05) is 0 Å². The number of para-hydroxylation sites is 1. The van der Waals surface area contributed by atoms with Crippen LogP contribution in [-0.2, 0) is 4.74 Å². The summed E-state index contributed by atoms with van der Waals surface area (Å²) in [6.07, 6.45) is 1.83. The van der Waals surface area contributed by atoms with Crippen molar-refractivity contribution in [3.8, 4) is 5.69 Å². The molecule has 0 amide bonds. The predicted octanol–water partition coefficient (Wildman–Crippen LogP) is 2.24. The first kappa shape index (κ1) is 14.2. The van der Waals surface area contributed by atoms with Gasteiger partial charge in [0.25, 0.3) is 0 Å². The van der Waals surface area contributed by atoms with Crippen LogP contribution in [0.1, 0.15) is 35.9 Å². The SMILES string of the molecule is CCOC(=O)c1cnn(-c2c(F)cccc2C(C)O)c1. The molecule has 0 radical (unpaired) electrons. The number of carbonyl (C=O) groups excluding carboxylic acids is 1. The van der Waals surface area contributed by atoms with Gasteiger partial charge in [-0.2, -0.15) is 5.10 Å². The molecule has 6 heteroatoms. The third-order valence-electron chi connectivity index (χ3n) is 2.79. The third-order valence-corrected chi connectivity index (χ3v) is 2.79. The normalized spacial score (nSPS) is 12.2. The molecule has 0 fully saturated rings. The summed E-state index contributed by atoms with van der Waals surface area (Å²) in [4.78, 5) is 11.6. The molecule has 2 aromatic rings.